The van der Waals surface area contributed by atoms with Crippen LogP contribution in [0.25, 0.3) is 0 Å². The first-order chi connectivity index (χ1) is 7.87. The summed E-state index contributed by atoms with van der Waals surface area (Å²) >= 11 is 6.15. The van der Waals surface area contributed by atoms with Gasteiger partial charge in [-0.2, -0.15) is 5.10 Å². The zero-order chi connectivity index (χ0) is 13.1. The van der Waals surface area contributed by atoms with Gasteiger partial charge in [0, 0.05) is 32.3 Å². The van der Waals surface area contributed by atoms with Crippen LogP contribution in [0.5, 0.6) is 0 Å². The number of aryl methyl sites for hydroxylation is 2. The van der Waals surface area contributed by atoms with Crippen molar-refractivity contribution in [2.75, 3.05) is 13.2 Å². The van der Waals surface area contributed by atoms with Crippen molar-refractivity contribution < 1.29 is 4.74 Å². The summed E-state index contributed by atoms with van der Waals surface area (Å²) in [7, 11) is 1.85. The zero-order valence-electron chi connectivity index (χ0n) is 11.3. The van der Waals surface area contributed by atoms with Crippen LogP contribution >= 0.6 is 11.6 Å². The topological polar surface area (TPSA) is 39.1 Å². The Kier molecular flexibility index (Phi) is 4.98. The van der Waals surface area contributed by atoms with E-state index in [1.165, 1.54) is 0 Å². The lowest BCUT2D eigenvalue weighted by molar-refractivity contribution is -0.00898. The van der Waals surface area contributed by atoms with Crippen LogP contribution < -0.4 is 5.32 Å². The molecule has 0 saturated carbocycles. The normalized spacial score (nSPS) is 12.1. The summed E-state index contributed by atoms with van der Waals surface area (Å²) < 4.78 is 7.31. The second-order valence-corrected chi connectivity index (χ2v) is 5.13. The lowest BCUT2D eigenvalue weighted by Crippen LogP contribution is -2.37. The number of hydrogen-bond donors (Lipinski definition) is 1. The maximum atomic E-state index is 6.15. The van der Waals surface area contributed by atoms with Crippen LogP contribution in [0.2, 0.25) is 5.15 Å². The summed E-state index contributed by atoms with van der Waals surface area (Å²) in [6.45, 7) is 10.3. The van der Waals surface area contributed by atoms with E-state index in [0.29, 0.717) is 5.15 Å². The molecular formula is C12H22ClN3O. The fraction of sp³-hybridized carbons (Fsp3) is 0.750. The smallest absolute Gasteiger partial charge is 0.131 e. The first-order valence-corrected chi connectivity index (χ1v) is 6.28. The Bertz CT molecular complexity index is 374. The molecule has 0 fully saturated rings. The molecule has 1 rings (SSSR count). The van der Waals surface area contributed by atoms with Crippen molar-refractivity contribution in [1.82, 2.24) is 15.1 Å². The van der Waals surface area contributed by atoms with Crippen molar-refractivity contribution in [2.45, 2.75) is 39.8 Å². The van der Waals surface area contributed by atoms with Crippen molar-refractivity contribution in [3.8, 4) is 0 Å². The molecule has 1 aromatic heterocycles. The van der Waals surface area contributed by atoms with Crippen molar-refractivity contribution in [2.24, 2.45) is 7.05 Å². The molecule has 0 aromatic carbocycles. The number of nitrogens with zero attached hydrogens (tertiary/aromatic N) is 2. The minimum atomic E-state index is -0.155. The van der Waals surface area contributed by atoms with Crippen LogP contribution in [0.3, 0.4) is 0 Å². The van der Waals surface area contributed by atoms with E-state index in [9.17, 15) is 0 Å². The van der Waals surface area contributed by atoms with Crippen LogP contribution in [0, 0.1) is 6.92 Å². The van der Waals surface area contributed by atoms with Gasteiger partial charge in [-0.1, -0.05) is 11.6 Å². The highest BCUT2D eigenvalue weighted by Crippen LogP contribution is 2.18. The molecular weight excluding hydrogens is 238 g/mol. The third-order valence-electron chi connectivity index (χ3n) is 2.66. The Labute approximate surface area is 108 Å². The number of rotatable bonds is 6. The molecule has 0 atom stereocenters. The molecule has 5 heteroatoms. The molecule has 0 radical (unpaired) electrons. The highest BCUT2D eigenvalue weighted by Gasteiger charge is 2.18. The number of ether oxygens (including phenoxy) is 1. The minimum Gasteiger partial charge on any atom is -0.375 e. The Morgan fingerprint density at radius 3 is 2.59 bits per heavy atom. The molecule has 0 bridgehead atoms. The van der Waals surface area contributed by atoms with Crippen LogP contribution in [0.15, 0.2) is 0 Å². The molecule has 1 heterocycles. The summed E-state index contributed by atoms with van der Waals surface area (Å²) in [6, 6.07) is 0. The first kappa shape index (κ1) is 14.5. The highest BCUT2D eigenvalue weighted by molar-refractivity contribution is 6.30. The first-order valence-electron chi connectivity index (χ1n) is 5.90. The molecule has 0 amide bonds. The third-order valence-corrected chi connectivity index (χ3v) is 3.13. The van der Waals surface area contributed by atoms with Crippen LogP contribution in [-0.4, -0.2) is 28.5 Å². The van der Waals surface area contributed by atoms with Crippen LogP contribution in [-0.2, 0) is 18.3 Å². The van der Waals surface area contributed by atoms with E-state index in [-0.39, 0.29) is 5.60 Å². The van der Waals surface area contributed by atoms with Crippen LogP contribution in [0.4, 0.5) is 0 Å². The maximum Gasteiger partial charge on any atom is 0.131 e. The number of nitrogens with one attached hydrogen (secondary N) is 1. The van der Waals surface area contributed by atoms with Gasteiger partial charge in [0.25, 0.3) is 0 Å². The Balaban J connectivity index is 2.51. The average Bonchev–Trinajstić information content (AvgIpc) is 2.44. The second kappa shape index (κ2) is 5.85. The van der Waals surface area contributed by atoms with E-state index < -0.39 is 0 Å². The van der Waals surface area contributed by atoms with E-state index in [0.717, 1.165) is 31.0 Å². The van der Waals surface area contributed by atoms with Gasteiger partial charge < -0.3 is 10.1 Å². The lowest BCUT2D eigenvalue weighted by atomic mass is 10.1. The molecule has 17 heavy (non-hydrogen) atoms. The van der Waals surface area contributed by atoms with Crippen molar-refractivity contribution in [3.05, 3.63) is 16.4 Å². The summed E-state index contributed by atoms with van der Waals surface area (Å²) in [4.78, 5) is 0. The summed E-state index contributed by atoms with van der Waals surface area (Å²) in [6.07, 6.45) is 0. The Morgan fingerprint density at radius 2 is 2.12 bits per heavy atom. The monoisotopic (exact) mass is 259 g/mol. The number of aromatic nitrogens is 2. The predicted molar refractivity (Wildman–Crippen MR) is 70.4 cm³/mol. The summed E-state index contributed by atoms with van der Waals surface area (Å²) in [5.74, 6) is 0. The van der Waals surface area contributed by atoms with Gasteiger partial charge in [-0.05, 0) is 27.7 Å². The summed E-state index contributed by atoms with van der Waals surface area (Å²) in [5.41, 5.74) is 1.87. The number of hydrogen-bond acceptors (Lipinski definition) is 3. The fourth-order valence-corrected chi connectivity index (χ4v) is 2.05. The molecule has 0 spiro atoms. The van der Waals surface area contributed by atoms with E-state index in [2.05, 4.69) is 24.3 Å². The van der Waals surface area contributed by atoms with Gasteiger partial charge in [-0.3, -0.25) is 4.68 Å². The van der Waals surface area contributed by atoms with Gasteiger partial charge in [0.15, 0.2) is 0 Å². The van der Waals surface area contributed by atoms with E-state index >= 15 is 0 Å². The molecule has 4 nitrogen and oxygen atoms in total. The van der Waals surface area contributed by atoms with E-state index in [1.54, 1.807) is 4.68 Å². The third kappa shape index (κ3) is 3.98. The second-order valence-electron chi connectivity index (χ2n) is 4.77. The van der Waals surface area contributed by atoms with Gasteiger partial charge in [-0.25, -0.2) is 0 Å². The van der Waals surface area contributed by atoms with Crippen molar-refractivity contribution in [1.29, 1.82) is 0 Å². The van der Waals surface area contributed by atoms with E-state index in [4.69, 9.17) is 16.3 Å². The lowest BCUT2D eigenvalue weighted by Gasteiger charge is -2.25. The van der Waals surface area contributed by atoms with Crippen molar-refractivity contribution in [3.63, 3.8) is 0 Å². The quantitative estimate of drug-likeness (QED) is 0.852. The van der Waals surface area contributed by atoms with Crippen molar-refractivity contribution >= 4 is 11.6 Å². The molecule has 0 unspecified atom stereocenters. The standard InChI is InChI=1S/C12H22ClN3O/c1-6-17-12(3,4)8-14-7-10-9(2)15-16(5)11(10)13/h14H,6-8H2,1-5H3. The summed E-state index contributed by atoms with van der Waals surface area (Å²) in [5, 5.41) is 8.33. The zero-order valence-corrected chi connectivity index (χ0v) is 12.1. The average molecular weight is 260 g/mol. The van der Waals surface area contributed by atoms with Gasteiger partial charge in [-0.15, -0.1) is 0 Å². The SMILES string of the molecule is CCOC(C)(C)CNCc1c(C)nn(C)c1Cl. The van der Waals surface area contributed by atoms with Gasteiger partial charge >= 0.3 is 0 Å². The molecule has 0 aliphatic rings. The molecule has 98 valence electrons. The molecule has 1 N–H and O–H groups in total. The number of halogens is 1. The van der Waals surface area contributed by atoms with Crippen LogP contribution in [0.1, 0.15) is 32.0 Å². The minimum absolute atomic E-state index is 0.155. The molecule has 0 aliphatic heterocycles. The van der Waals surface area contributed by atoms with Gasteiger partial charge in [0.05, 0.1) is 11.3 Å². The maximum absolute atomic E-state index is 6.15. The molecule has 1 aromatic rings. The van der Waals surface area contributed by atoms with Gasteiger partial charge in [0.2, 0.25) is 0 Å². The molecule has 0 aliphatic carbocycles. The Morgan fingerprint density at radius 1 is 1.47 bits per heavy atom. The predicted octanol–water partition coefficient (Wildman–Crippen LogP) is 2.29. The Hall–Kier alpha value is -0.580. The highest BCUT2D eigenvalue weighted by atomic mass is 35.5. The van der Waals surface area contributed by atoms with E-state index in [1.807, 2.05) is 20.9 Å². The molecule has 0 saturated heterocycles. The van der Waals surface area contributed by atoms with Gasteiger partial charge in [0.1, 0.15) is 5.15 Å². The largest absolute Gasteiger partial charge is 0.375 e. The fourth-order valence-electron chi connectivity index (χ4n) is 1.80.